The molecule has 4 atom stereocenters. The predicted octanol–water partition coefficient (Wildman–Crippen LogP) is -1.63. The van der Waals surface area contributed by atoms with Gasteiger partial charge in [-0.15, -0.1) is 0 Å². The van der Waals surface area contributed by atoms with Gasteiger partial charge >= 0.3 is 17.9 Å². The van der Waals surface area contributed by atoms with Gasteiger partial charge in [-0.3, -0.25) is 24.0 Å². The minimum absolute atomic E-state index is 0.0948. The number of nitrogens with one attached hydrogen (secondary N) is 3. The van der Waals surface area contributed by atoms with E-state index < -0.39 is 72.6 Å². The molecule has 0 heterocycles. The highest BCUT2D eigenvalue weighted by atomic mass is 16.4. The fourth-order valence-corrected chi connectivity index (χ4v) is 3.09. The molecule has 0 rings (SSSR count). The number of hydrogen-bond acceptors (Lipinski definition) is 8. The average Bonchev–Trinajstić information content (AvgIpc) is 2.73. The molecule has 0 bridgehead atoms. The SMILES string of the molecule is CC(C)C[C@H](NC(=O)[C@H](CCC(=O)O)NC(=O)[C@@H](N)CC(=O)O)C(=O)N[C@H](CCCCN)C(=O)O. The van der Waals surface area contributed by atoms with Crippen LogP contribution in [0.3, 0.4) is 0 Å². The molecule has 10 N–H and O–H groups in total. The first kappa shape index (κ1) is 31.7. The summed E-state index contributed by atoms with van der Waals surface area (Å²) in [6, 6.07) is -5.26. The molecular formula is C21H37N5O9. The Morgan fingerprint density at radius 3 is 1.77 bits per heavy atom. The molecule has 0 saturated heterocycles. The minimum Gasteiger partial charge on any atom is -0.481 e. The Morgan fingerprint density at radius 1 is 0.743 bits per heavy atom. The summed E-state index contributed by atoms with van der Waals surface area (Å²) in [5.41, 5.74) is 10.9. The van der Waals surface area contributed by atoms with E-state index in [-0.39, 0.29) is 25.2 Å². The van der Waals surface area contributed by atoms with Gasteiger partial charge in [0.2, 0.25) is 17.7 Å². The van der Waals surface area contributed by atoms with Crippen LogP contribution in [0.5, 0.6) is 0 Å². The van der Waals surface area contributed by atoms with Crippen LogP contribution in [0.1, 0.15) is 58.8 Å². The van der Waals surface area contributed by atoms with Crippen LogP contribution in [0.4, 0.5) is 0 Å². The van der Waals surface area contributed by atoms with Crippen molar-refractivity contribution >= 4 is 35.6 Å². The van der Waals surface area contributed by atoms with E-state index >= 15 is 0 Å². The number of amides is 3. The lowest BCUT2D eigenvalue weighted by Crippen LogP contribution is -2.57. The number of rotatable bonds is 18. The summed E-state index contributed by atoms with van der Waals surface area (Å²) in [7, 11) is 0. The van der Waals surface area contributed by atoms with Gasteiger partial charge in [-0.05, 0) is 44.6 Å². The highest BCUT2D eigenvalue weighted by Crippen LogP contribution is 2.09. The molecule has 0 aliphatic carbocycles. The molecular weight excluding hydrogens is 466 g/mol. The zero-order valence-corrected chi connectivity index (χ0v) is 20.0. The summed E-state index contributed by atoms with van der Waals surface area (Å²) in [5.74, 6) is -6.55. The van der Waals surface area contributed by atoms with Crippen LogP contribution in [0.2, 0.25) is 0 Å². The lowest BCUT2D eigenvalue weighted by Gasteiger charge is -2.26. The molecule has 0 aromatic rings. The molecule has 0 aliphatic heterocycles. The van der Waals surface area contributed by atoms with Crippen molar-refractivity contribution in [2.24, 2.45) is 17.4 Å². The lowest BCUT2D eigenvalue weighted by molar-refractivity contribution is -0.142. The number of unbranched alkanes of at least 4 members (excludes halogenated alkanes) is 1. The number of carbonyl (C=O) groups is 6. The van der Waals surface area contributed by atoms with Crippen LogP contribution in [0.25, 0.3) is 0 Å². The van der Waals surface area contributed by atoms with Gasteiger partial charge in [0.25, 0.3) is 0 Å². The summed E-state index contributed by atoms with van der Waals surface area (Å²) >= 11 is 0. The first-order valence-corrected chi connectivity index (χ1v) is 11.3. The van der Waals surface area contributed by atoms with Gasteiger partial charge in [0, 0.05) is 6.42 Å². The first-order valence-electron chi connectivity index (χ1n) is 11.3. The third-order valence-corrected chi connectivity index (χ3v) is 4.91. The van der Waals surface area contributed by atoms with Crippen LogP contribution < -0.4 is 27.4 Å². The Hall–Kier alpha value is -3.26. The van der Waals surface area contributed by atoms with E-state index in [0.717, 1.165) is 0 Å². The topological polar surface area (TPSA) is 251 Å². The summed E-state index contributed by atoms with van der Waals surface area (Å²) in [6.07, 6.45) is -0.257. The van der Waals surface area contributed by atoms with Crippen LogP contribution in [-0.4, -0.2) is 81.7 Å². The Balaban J connectivity index is 5.53. The normalized spacial score (nSPS) is 14.3. The molecule has 14 heteroatoms. The number of carbonyl (C=O) groups excluding carboxylic acids is 3. The molecule has 0 aromatic carbocycles. The summed E-state index contributed by atoms with van der Waals surface area (Å²) in [6.45, 7) is 3.92. The Labute approximate surface area is 203 Å². The van der Waals surface area contributed by atoms with Crippen LogP contribution in [-0.2, 0) is 28.8 Å². The Morgan fingerprint density at radius 2 is 1.29 bits per heavy atom. The second-order valence-electron chi connectivity index (χ2n) is 8.57. The molecule has 0 aliphatic rings. The Bertz CT molecular complexity index is 759. The third-order valence-electron chi connectivity index (χ3n) is 4.91. The maximum absolute atomic E-state index is 12.9. The Kier molecular flexibility index (Phi) is 14.9. The molecule has 0 saturated carbocycles. The number of aliphatic carboxylic acids is 3. The molecule has 200 valence electrons. The quantitative estimate of drug-likeness (QED) is 0.0985. The van der Waals surface area contributed by atoms with Gasteiger partial charge in [0.1, 0.15) is 18.1 Å². The standard InChI is InChI=1S/C21H37N5O9/c1-11(2)9-15(20(33)25-14(21(34)35)5-3-4-8-22)26-19(32)13(6-7-16(27)28)24-18(31)12(23)10-17(29)30/h11-15H,3-10,22-23H2,1-2H3,(H,24,31)(H,25,33)(H,26,32)(H,27,28)(H,29,30)(H,34,35)/t12-,13-,14+,15-/m0/s1. The van der Waals surface area contributed by atoms with Crippen molar-refractivity contribution < 1.29 is 44.1 Å². The van der Waals surface area contributed by atoms with Crippen LogP contribution in [0.15, 0.2) is 0 Å². The van der Waals surface area contributed by atoms with Gasteiger partial charge in [0.15, 0.2) is 0 Å². The van der Waals surface area contributed by atoms with Crippen LogP contribution in [0, 0.1) is 5.92 Å². The number of hydrogen-bond donors (Lipinski definition) is 8. The van der Waals surface area contributed by atoms with Crippen molar-refractivity contribution in [2.45, 2.75) is 83.0 Å². The van der Waals surface area contributed by atoms with Gasteiger partial charge in [-0.2, -0.15) is 0 Å². The average molecular weight is 504 g/mol. The first-order chi connectivity index (χ1) is 16.3. The number of nitrogens with two attached hydrogens (primary N) is 2. The van der Waals surface area contributed by atoms with E-state index in [1.807, 2.05) is 0 Å². The predicted molar refractivity (Wildman–Crippen MR) is 123 cm³/mol. The van der Waals surface area contributed by atoms with Gasteiger partial charge < -0.3 is 42.7 Å². The fraction of sp³-hybridized carbons (Fsp3) is 0.714. The van der Waals surface area contributed by atoms with E-state index in [0.29, 0.717) is 19.4 Å². The maximum Gasteiger partial charge on any atom is 0.326 e. The largest absolute Gasteiger partial charge is 0.481 e. The smallest absolute Gasteiger partial charge is 0.326 e. The van der Waals surface area contributed by atoms with E-state index in [4.69, 9.17) is 21.7 Å². The molecule has 0 unspecified atom stereocenters. The second kappa shape index (κ2) is 16.4. The molecule has 0 spiro atoms. The highest BCUT2D eigenvalue weighted by molar-refractivity contribution is 5.94. The van der Waals surface area contributed by atoms with Crippen molar-refractivity contribution in [1.82, 2.24) is 16.0 Å². The monoisotopic (exact) mass is 503 g/mol. The maximum atomic E-state index is 12.9. The zero-order valence-electron chi connectivity index (χ0n) is 20.0. The minimum atomic E-state index is -1.48. The number of carboxylic acids is 3. The zero-order chi connectivity index (χ0) is 27.1. The van der Waals surface area contributed by atoms with Crippen LogP contribution >= 0.6 is 0 Å². The molecule has 3 amide bonds. The van der Waals surface area contributed by atoms with Crippen molar-refractivity contribution in [1.29, 1.82) is 0 Å². The van der Waals surface area contributed by atoms with E-state index in [2.05, 4.69) is 16.0 Å². The molecule has 0 radical (unpaired) electrons. The molecule has 0 fully saturated rings. The lowest BCUT2D eigenvalue weighted by atomic mass is 10.0. The number of carboxylic acid groups (broad SMARTS) is 3. The van der Waals surface area contributed by atoms with E-state index in [1.54, 1.807) is 13.8 Å². The fourth-order valence-electron chi connectivity index (χ4n) is 3.09. The summed E-state index contributed by atoms with van der Waals surface area (Å²) in [4.78, 5) is 71.2. The second-order valence-corrected chi connectivity index (χ2v) is 8.57. The van der Waals surface area contributed by atoms with Gasteiger partial charge in [0.05, 0.1) is 12.5 Å². The van der Waals surface area contributed by atoms with Gasteiger partial charge in [-0.1, -0.05) is 13.8 Å². The molecule has 35 heavy (non-hydrogen) atoms. The van der Waals surface area contributed by atoms with Gasteiger partial charge in [-0.25, -0.2) is 4.79 Å². The van der Waals surface area contributed by atoms with Crippen molar-refractivity contribution in [3.63, 3.8) is 0 Å². The van der Waals surface area contributed by atoms with Crippen molar-refractivity contribution in [3.8, 4) is 0 Å². The third kappa shape index (κ3) is 13.9. The van der Waals surface area contributed by atoms with Crippen molar-refractivity contribution in [2.75, 3.05) is 6.54 Å². The summed E-state index contributed by atoms with van der Waals surface area (Å²) < 4.78 is 0. The summed E-state index contributed by atoms with van der Waals surface area (Å²) in [5, 5.41) is 34.2. The van der Waals surface area contributed by atoms with E-state index in [1.165, 1.54) is 0 Å². The molecule has 14 nitrogen and oxygen atoms in total. The highest BCUT2D eigenvalue weighted by Gasteiger charge is 2.31. The van der Waals surface area contributed by atoms with E-state index in [9.17, 15) is 33.9 Å². The molecule has 0 aromatic heterocycles. The van der Waals surface area contributed by atoms with Crippen molar-refractivity contribution in [3.05, 3.63) is 0 Å².